The number of hydrogen-bond acceptors (Lipinski definition) is 2. The van der Waals surface area contributed by atoms with Gasteiger partial charge in [-0.15, -0.1) is 0 Å². The van der Waals surface area contributed by atoms with Crippen molar-refractivity contribution in [3.63, 3.8) is 0 Å². The zero-order valence-electron chi connectivity index (χ0n) is 8.35. The van der Waals surface area contributed by atoms with Crippen LogP contribution in [0.3, 0.4) is 0 Å². The van der Waals surface area contributed by atoms with Gasteiger partial charge in [0.2, 0.25) is 5.78 Å². The number of carbonyl (C=O) groups excluding carboxylic acids is 1. The number of hydrogen-bond donors (Lipinski definition) is 1. The zero-order chi connectivity index (χ0) is 10.8. The summed E-state index contributed by atoms with van der Waals surface area (Å²) >= 11 is 0. The smallest absolute Gasteiger partial charge is 0.333 e. The van der Waals surface area contributed by atoms with E-state index in [1.807, 2.05) is 0 Å². The number of alkyl halides is 2. The standard InChI is InChI=1S/C10H16F2O2/c1-2-8(13)10(11,12)9(14)6-4-3-5-7-9/h14H,2-7H2,1H3. The Morgan fingerprint density at radius 2 is 1.86 bits per heavy atom. The molecule has 2 nitrogen and oxygen atoms in total. The van der Waals surface area contributed by atoms with Crippen molar-refractivity contribution in [2.24, 2.45) is 0 Å². The minimum Gasteiger partial charge on any atom is -0.383 e. The Hall–Kier alpha value is -0.510. The molecule has 0 unspecified atom stereocenters. The normalized spacial score (nSPS) is 22.0. The molecule has 0 saturated heterocycles. The number of carbonyl (C=O) groups is 1. The van der Waals surface area contributed by atoms with Gasteiger partial charge in [-0.2, -0.15) is 8.78 Å². The van der Waals surface area contributed by atoms with Crippen molar-refractivity contribution in [1.29, 1.82) is 0 Å². The second-order valence-corrected chi connectivity index (χ2v) is 3.94. The maximum atomic E-state index is 13.5. The fourth-order valence-corrected chi connectivity index (χ4v) is 1.93. The molecule has 1 aliphatic carbocycles. The Bertz CT molecular complexity index is 220. The molecule has 1 rings (SSSR count). The molecular weight excluding hydrogens is 190 g/mol. The lowest BCUT2D eigenvalue weighted by atomic mass is 9.78. The van der Waals surface area contributed by atoms with E-state index in [0.717, 1.165) is 6.42 Å². The van der Waals surface area contributed by atoms with Gasteiger partial charge in [0.15, 0.2) is 0 Å². The summed E-state index contributed by atoms with van der Waals surface area (Å²) in [4.78, 5) is 11.0. The highest BCUT2D eigenvalue weighted by molar-refractivity contribution is 5.86. The molecule has 0 aliphatic heterocycles. The summed E-state index contributed by atoms with van der Waals surface area (Å²) in [5, 5.41) is 9.73. The van der Waals surface area contributed by atoms with E-state index in [9.17, 15) is 18.7 Å². The van der Waals surface area contributed by atoms with Gasteiger partial charge in [0.05, 0.1) is 0 Å². The van der Waals surface area contributed by atoms with Crippen LogP contribution >= 0.6 is 0 Å². The third-order valence-corrected chi connectivity index (χ3v) is 2.94. The van der Waals surface area contributed by atoms with Crippen molar-refractivity contribution in [2.75, 3.05) is 0 Å². The minimum atomic E-state index is -3.57. The maximum absolute atomic E-state index is 13.5. The van der Waals surface area contributed by atoms with E-state index in [1.54, 1.807) is 0 Å². The Kier molecular flexibility index (Phi) is 3.24. The van der Waals surface area contributed by atoms with Gasteiger partial charge in [-0.1, -0.05) is 26.2 Å². The minimum absolute atomic E-state index is 0.0335. The predicted octanol–water partition coefficient (Wildman–Crippen LogP) is 2.30. The number of Topliss-reactive ketones (excluding diaryl/α,β-unsaturated/α-hetero) is 1. The molecule has 1 N–H and O–H groups in total. The molecule has 0 spiro atoms. The first-order valence-electron chi connectivity index (χ1n) is 5.07. The molecule has 1 aliphatic rings. The summed E-state index contributed by atoms with van der Waals surface area (Å²) in [6.45, 7) is 1.39. The molecule has 0 aromatic carbocycles. The topological polar surface area (TPSA) is 37.3 Å². The van der Waals surface area contributed by atoms with Crippen molar-refractivity contribution in [3.8, 4) is 0 Å². The molecule has 1 saturated carbocycles. The van der Waals surface area contributed by atoms with Gasteiger partial charge < -0.3 is 5.11 Å². The third kappa shape index (κ3) is 1.80. The first-order chi connectivity index (χ1) is 6.44. The lowest BCUT2D eigenvalue weighted by Gasteiger charge is -2.37. The summed E-state index contributed by atoms with van der Waals surface area (Å²) < 4.78 is 27.0. The third-order valence-electron chi connectivity index (χ3n) is 2.94. The highest BCUT2D eigenvalue weighted by atomic mass is 19.3. The van der Waals surface area contributed by atoms with Crippen LogP contribution in [-0.2, 0) is 4.79 Å². The highest BCUT2D eigenvalue weighted by Gasteiger charge is 2.56. The van der Waals surface area contributed by atoms with Crippen LogP contribution < -0.4 is 0 Å². The van der Waals surface area contributed by atoms with Gasteiger partial charge in [0.25, 0.3) is 0 Å². The van der Waals surface area contributed by atoms with Crippen LogP contribution in [0.1, 0.15) is 45.4 Å². The molecule has 0 aromatic heterocycles. The molecule has 0 heterocycles. The van der Waals surface area contributed by atoms with Gasteiger partial charge in [0.1, 0.15) is 5.60 Å². The summed E-state index contributed by atoms with van der Waals surface area (Å²) in [6, 6.07) is 0. The van der Waals surface area contributed by atoms with Gasteiger partial charge in [-0.25, -0.2) is 0 Å². The Labute approximate surface area is 82.3 Å². The lowest BCUT2D eigenvalue weighted by molar-refractivity contribution is -0.199. The van der Waals surface area contributed by atoms with E-state index in [1.165, 1.54) is 6.92 Å². The van der Waals surface area contributed by atoms with Crippen molar-refractivity contribution in [3.05, 3.63) is 0 Å². The van der Waals surface area contributed by atoms with Crippen molar-refractivity contribution in [2.45, 2.75) is 57.0 Å². The number of ketones is 1. The van der Waals surface area contributed by atoms with Crippen LogP contribution in [0, 0.1) is 0 Å². The van der Waals surface area contributed by atoms with Crippen LogP contribution in [0.25, 0.3) is 0 Å². The molecule has 0 amide bonds. The monoisotopic (exact) mass is 206 g/mol. The molecule has 14 heavy (non-hydrogen) atoms. The number of rotatable bonds is 3. The van der Waals surface area contributed by atoms with Crippen LogP contribution in [0.15, 0.2) is 0 Å². The van der Waals surface area contributed by atoms with Crippen LogP contribution in [0.4, 0.5) is 8.78 Å². The van der Waals surface area contributed by atoms with Gasteiger partial charge >= 0.3 is 5.92 Å². The van der Waals surface area contributed by atoms with E-state index in [-0.39, 0.29) is 19.3 Å². The van der Waals surface area contributed by atoms with Crippen LogP contribution in [-0.4, -0.2) is 22.4 Å². The molecule has 82 valence electrons. The lowest BCUT2D eigenvalue weighted by Crippen LogP contribution is -2.54. The second kappa shape index (κ2) is 3.93. The Morgan fingerprint density at radius 3 is 2.29 bits per heavy atom. The molecule has 0 aromatic rings. The van der Waals surface area contributed by atoms with E-state index in [4.69, 9.17) is 0 Å². The second-order valence-electron chi connectivity index (χ2n) is 3.94. The van der Waals surface area contributed by atoms with Crippen molar-refractivity contribution >= 4 is 5.78 Å². The van der Waals surface area contributed by atoms with E-state index in [0.29, 0.717) is 12.8 Å². The van der Waals surface area contributed by atoms with E-state index >= 15 is 0 Å². The SMILES string of the molecule is CCC(=O)C(F)(F)C1(O)CCCCC1. The average Bonchev–Trinajstić information content (AvgIpc) is 2.17. The maximum Gasteiger partial charge on any atom is 0.333 e. The van der Waals surface area contributed by atoms with E-state index in [2.05, 4.69) is 0 Å². The molecule has 4 heteroatoms. The fraction of sp³-hybridized carbons (Fsp3) is 0.900. The van der Waals surface area contributed by atoms with Gasteiger partial charge in [-0.05, 0) is 12.8 Å². The molecule has 1 fully saturated rings. The number of aliphatic hydroxyl groups is 1. The van der Waals surface area contributed by atoms with Crippen LogP contribution in [0.2, 0.25) is 0 Å². The van der Waals surface area contributed by atoms with Gasteiger partial charge in [0, 0.05) is 6.42 Å². The Morgan fingerprint density at radius 1 is 1.36 bits per heavy atom. The van der Waals surface area contributed by atoms with Gasteiger partial charge in [-0.3, -0.25) is 4.79 Å². The fourth-order valence-electron chi connectivity index (χ4n) is 1.93. The van der Waals surface area contributed by atoms with Crippen molar-refractivity contribution in [1.82, 2.24) is 0 Å². The first kappa shape index (κ1) is 11.6. The zero-order valence-corrected chi connectivity index (χ0v) is 8.35. The summed E-state index contributed by atoms with van der Waals surface area (Å²) in [6.07, 6.45) is 1.84. The van der Waals surface area contributed by atoms with Crippen LogP contribution in [0.5, 0.6) is 0 Å². The Balaban J connectivity index is 2.82. The highest BCUT2D eigenvalue weighted by Crippen LogP contribution is 2.41. The average molecular weight is 206 g/mol. The van der Waals surface area contributed by atoms with E-state index < -0.39 is 17.3 Å². The van der Waals surface area contributed by atoms with Crippen molar-refractivity contribution < 1.29 is 18.7 Å². The molecule has 0 radical (unpaired) electrons. The summed E-state index contributed by atoms with van der Waals surface area (Å²) in [5.74, 6) is -4.72. The largest absolute Gasteiger partial charge is 0.383 e. The number of halogens is 2. The molecule has 0 bridgehead atoms. The summed E-state index contributed by atoms with van der Waals surface area (Å²) in [7, 11) is 0. The molecule has 0 atom stereocenters. The summed E-state index contributed by atoms with van der Waals surface area (Å²) in [5.41, 5.74) is -2.08. The quantitative estimate of drug-likeness (QED) is 0.769. The predicted molar refractivity (Wildman–Crippen MR) is 48.3 cm³/mol. The molecular formula is C10H16F2O2. The first-order valence-corrected chi connectivity index (χ1v) is 5.07.